The molecule has 0 aromatic heterocycles. The van der Waals surface area contributed by atoms with Gasteiger partial charge in [0.2, 0.25) is 7.71 Å². The fourth-order valence-electron chi connectivity index (χ4n) is 6.83. The number of hydrogen-bond acceptors (Lipinski definition) is 5. The molecule has 0 aliphatic carbocycles. The first kappa shape index (κ1) is 39.0. The second-order valence-electron chi connectivity index (χ2n) is 15.2. The molecule has 0 spiro atoms. The Bertz CT molecular complexity index is 1010. The van der Waals surface area contributed by atoms with Crippen molar-refractivity contribution < 1.29 is 0 Å². The summed E-state index contributed by atoms with van der Waals surface area (Å²) in [5.41, 5.74) is 1.41. The summed E-state index contributed by atoms with van der Waals surface area (Å²) in [6.45, 7) is 33.8. The Morgan fingerprint density at radius 2 is 1.55 bits per heavy atom. The van der Waals surface area contributed by atoms with Crippen molar-refractivity contribution in [3.63, 3.8) is 0 Å². The lowest BCUT2D eigenvalue weighted by Gasteiger charge is -2.48. The van der Waals surface area contributed by atoms with Crippen molar-refractivity contribution in [2.24, 2.45) is 13.8 Å². The molecular weight excluding hydrogens is 596 g/mol. The van der Waals surface area contributed by atoms with Crippen LogP contribution in [0.3, 0.4) is 0 Å². The van der Waals surface area contributed by atoms with Crippen molar-refractivity contribution in [2.45, 2.75) is 143 Å². The van der Waals surface area contributed by atoms with Gasteiger partial charge in [-0.25, -0.2) is 14.1 Å². The highest BCUT2D eigenvalue weighted by Gasteiger charge is 2.53. The van der Waals surface area contributed by atoms with Gasteiger partial charge < -0.3 is 0 Å². The molecule has 0 bridgehead atoms. The summed E-state index contributed by atoms with van der Waals surface area (Å²) in [5, 5.41) is 8.08. The highest BCUT2D eigenvalue weighted by Crippen LogP contribution is 2.74. The Balaban J connectivity index is 2.72. The van der Waals surface area contributed by atoms with E-state index in [-0.39, 0.29) is 18.8 Å². The van der Waals surface area contributed by atoms with Crippen molar-refractivity contribution >= 4 is 30.1 Å². The molecule has 42 heavy (non-hydrogen) atoms. The van der Waals surface area contributed by atoms with Gasteiger partial charge in [0, 0.05) is 45.3 Å². The van der Waals surface area contributed by atoms with Crippen molar-refractivity contribution in [3.8, 4) is 0 Å². The van der Waals surface area contributed by atoms with Gasteiger partial charge in [-0.05, 0) is 110 Å². The first-order valence-corrected chi connectivity index (χ1v) is 23.4. The molecule has 0 saturated carbocycles. The predicted octanol–water partition coefficient (Wildman–Crippen LogP) is 9.86. The number of nitrogens with one attached hydrogen (secondary N) is 2. The quantitative estimate of drug-likeness (QED) is 0.227. The van der Waals surface area contributed by atoms with Crippen LogP contribution in [0, 0.1) is 0 Å². The fraction of sp³-hybridized carbons (Fsp3) is 1.00. The molecule has 248 valence electrons. The van der Waals surface area contributed by atoms with Gasteiger partial charge in [0.1, 0.15) is 12.3 Å². The Morgan fingerprint density at radius 3 is 2.00 bits per heavy atom. The average Bonchev–Trinajstić information content (AvgIpc) is 2.85. The van der Waals surface area contributed by atoms with E-state index in [1.54, 1.807) is 0 Å². The SMILES string of the molecule is CC[P+](CC)=NP1(=NC(C)(C)C)N(C)CCC(CC(C)P(=N[P+]2(NC(C)(C)C)NCCCN2C)(C(C)C)C(C)C)N1C. The minimum absolute atomic E-state index is 0.0200. The van der Waals surface area contributed by atoms with Crippen molar-refractivity contribution in [2.75, 3.05) is 53.1 Å². The molecule has 0 aromatic rings. The maximum absolute atomic E-state index is 6.20. The monoisotopic (exact) mass is 666 g/mol. The smallest absolute Gasteiger partial charge is 0.246 e. The Hall–Kier alpha value is 0.790. The molecule has 0 radical (unpaired) electrons. The van der Waals surface area contributed by atoms with E-state index in [1.165, 1.54) is 12.8 Å². The summed E-state index contributed by atoms with van der Waals surface area (Å²) in [6, 6.07) is 0.457. The van der Waals surface area contributed by atoms with Gasteiger partial charge >= 0.3 is 7.87 Å². The zero-order chi connectivity index (χ0) is 32.3. The Kier molecular flexibility index (Phi) is 14.0. The number of nitrogens with zero attached hydrogens (tertiary/aromatic N) is 6. The Labute approximate surface area is 264 Å². The van der Waals surface area contributed by atoms with Gasteiger partial charge in [-0.2, -0.15) is 0 Å². The van der Waals surface area contributed by atoms with E-state index in [1.807, 2.05) is 0 Å². The van der Waals surface area contributed by atoms with Gasteiger partial charge in [-0.15, -0.1) is 14.8 Å². The highest BCUT2D eigenvalue weighted by atomic mass is 31.2. The van der Waals surface area contributed by atoms with E-state index < -0.39 is 22.4 Å². The minimum atomic E-state index is -2.18. The maximum atomic E-state index is 6.20. The summed E-state index contributed by atoms with van der Waals surface area (Å²) in [4.78, 5) is 0. The van der Waals surface area contributed by atoms with Crippen molar-refractivity contribution in [1.29, 1.82) is 0 Å². The molecule has 2 fully saturated rings. The van der Waals surface area contributed by atoms with Gasteiger partial charge in [0.05, 0.1) is 5.54 Å². The van der Waals surface area contributed by atoms with Crippen molar-refractivity contribution in [3.05, 3.63) is 0 Å². The van der Waals surface area contributed by atoms with Gasteiger partial charge in [0.15, 0.2) is 0 Å². The summed E-state index contributed by atoms with van der Waals surface area (Å²) in [7, 11) is 0.483. The van der Waals surface area contributed by atoms with E-state index in [0.717, 1.165) is 38.4 Å². The molecule has 0 aromatic carbocycles. The molecule has 2 heterocycles. The molecule has 8 nitrogen and oxygen atoms in total. The topological polar surface area (TPSA) is 70.9 Å². The van der Waals surface area contributed by atoms with Crippen molar-refractivity contribution in [1.82, 2.24) is 24.2 Å². The lowest BCUT2D eigenvalue weighted by Crippen LogP contribution is -2.49. The maximum Gasteiger partial charge on any atom is 0.347 e. The van der Waals surface area contributed by atoms with Crippen LogP contribution >= 0.6 is 30.1 Å². The van der Waals surface area contributed by atoms with E-state index >= 15 is 0 Å². The van der Waals surface area contributed by atoms with E-state index in [9.17, 15) is 0 Å². The second kappa shape index (κ2) is 15.1. The standard InChI is InChI=1S/C30H70N8P4/c1-17-39(18-2)34-42(33-30(11,12)13)37(15)23-20-28(38(42)16)24-27(7)40(25(3)4,26(5)6)35-41(32-29(8,9)10)31-21-19-22-36(41)14/h25-28,31-32H,17-24H2,1-16H3/q+2. The first-order chi connectivity index (χ1) is 19.2. The largest absolute Gasteiger partial charge is 0.347 e. The molecule has 4 unspecified atom stereocenters. The molecule has 12 heteroatoms. The fourth-order valence-corrected chi connectivity index (χ4v) is 24.7. The lowest BCUT2D eigenvalue weighted by atomic mass is 10.1. The zero-order valence-corrected chi connectivity index (χ0v) is 34.0. The zero-order valence-electron chi connectivity index (χ0n) is 30.4. The van der Waals surface area contributed by atoms with Crippen LogP contribution in [0.1, 0.15) is 109 Å². The molecule has 0 amide bonds. The summed E-state index contributed by atoms with van der Waals surface area (Å²) in [6.07, 6.45) is 5.77. The number of rotatable bonds is 10. The van der Waals surface area contributed by atoms with Crippen LogP contribution in [0.2, 0.25) is 0 Å². The van der Waals surface area contributed by atoms with Crippen LogP contribution < -0.4 is 10.2 Å². The Morgan fingerprint density at radius 1 is 0.976 bits per heavy atom. The van der Waals surface area contributed by atoms with Crippen LogP contribution in [0.5, 0.6) is 0 Å². The van der Waals surface area contributed by atoms with Crippen LogP contribution in [0.15, 0.2) is 13.8 Å². The van der Waals surface area contributed by atoms with E-state index in [4.69, 9.17) is 13.8 Å². The molecule has 2 aliphatic rings. The van der Waals surface area contributed by atoms with Crippen LogP contribution in [0.4, 0.5) is 0 Å². The third-order valence-electron chi connectivity index (χ3n) is 8.84. The highest BCUT2D eigenvalue weighted by molar-refractivity contribution is 7.79. The molecular formula is C30H70N8P4+2. The minimum Gasteiger partial charge on any atom is -0.246 e. The normalized spacial score (nSPS) is 28.3. The third-order valence-corrected chi connectivity index (χ3v) is 25.5. The molecule has 2 aliphatic heterocycles. The lowest BCUT2D eigenvalue weighted by molar-refractivity contribution is 0.268. The summed E-state index contributed by atoms with van der Waals surface area (Å²) >= 11 is 0. The third kappa shape index (κ3) is 8.98. The van der Waals surface area contributed by atoms with Crippen LogP contribution in [0.25, 0.3) is 0 Å². The average molecular weight is 667 g/mol. The first-order valence-electron chi connectivity index (χ1n) is 16.5. The van der Waals surface area contributed by atoms with Gasteiger partial charge in [-0.1, -0.05) is 39.1 Å². The summed E-state index contributed by atoms with van der Waals surface area (Å²) in [5.74, 6) is 0. The molecule has 2 saturated heterocycles. The molecule has 4 atom stereocenters. The summed E-state index contributed by atoms with van der Waals surface area (Å²) < 4.78 is 25.3. The van der Waals surface area contributed by atoms with Gasteiger partial charge in [0.25, 0.3) is 7.51 Å². The van der Waals surface area contributed by atoms with Crippen LogP contribution in [-0.4, -0.2) is 101 Å². The van der Waals surface area contributed by atoms with E-state index in [0.29, 0.717) is 23.0 Å². The molecule has 2 N–H and O–H groups in total. The molecule has 2 rings (SSSR count). The van der Waals surface area contributed by atoms with E-state index in [2.05, 4.69) is 135 Å². The van der Waals surface area contributed by atoms with Crippen LogP contribution in [-0.2, 0) is 0 Å². The predicted molar refractivity (Wildman–Crippen MR) is 197 cm³/mol. The van der Waals surface area contributed by atoms with Gasteiger partial charge in [-0.3, -0.25) is 0 Å². The second-order valence-corrected chi connectivity index (χ2v) is 28.5. The number of hydrogen-bond donors (Lipinski definition) is 2.